The van der Waals surface area contributed by atoms with E-state index in [1.165, 1.54) is 25.7 Å². The van der Waals surface area contributed by atoms with Gasteiger partial charge in [0.25, 0.3) is 0 Å². The molecule has 0 spiro atoms. The molecule has 4 atom stereocenters. The highest BCUT2D eigenvalue weighted by Crippen LogP contribution is 2.20. The largest absolute Gasteiger partial charge is 0.0628 e. The highest BCUT2D eigenvalue weighted by molar-refractivity contribution is 4.61. The van der Waals surface area contributed by atoms with Gasteiger partial charge in [0.05, 0.1) is 0 Å². The minimum atomic E-state index is 0.854. The Morgan fingerprint density at radius 1 is 0.222 bits per heavy atom. The summed E-state index contributed by atoms with van der Waals surface area (Å²) in [4.78, 5) is 0. The van der Waals surface area contributed by atoms with E-state index in [-0.39, 0.29) is 0 Å². The van der Waals surface area contributed by atoms with Crippen LogP contribution in [0, 0.1) is 71.0 Å². The van der Waals surface area contributed by atoms with Crippen LogP contribution in [0.2, 0.25) is 0 Å². The molecule has 0 amide bonds. The molecule has 36 heavy (non-hydrogen) atoms. The Hall–Kier alpha value is 0. The van der Waals surface area contributed by atoms with Crippen LogP contribution < -0.4 is 0 Å². The first-order chi connectivity index (χ1) is 16.1. The van der Waals surface area contributed by atoms with Crippen LogP contribution in [0.25, 0.3) is 0 Å². The van der Waals surface area contributed by atoms with Crippen LogP contribution >= 0.6 is 0 Å². The molecular formula is C36H80. The first-order valence-electron chi connectivity index (χ1n) is 16.1. The fraction of sp³-hybridized carbons (Fsp3) is 1.00. The van der Waals surface area contributed by atoms with Crippen molar-refractivity contribution in [2.45, 2.75) is 164 Å². The van der Waals surface area contributed by atoms with Crippen molar-refractivity contribution >= 4 is 0 Å². The quantitative estimate of drug-likeness (QED) is 0.244. The van der Waals surface area contributed by atoms with Crippen LogP contribution in [-0.2, 0) is 0 Å². The van der Waals surface area contributed by atoms with Gasteiger partial charge in [-0.15, -0.1) is 0 Å². The van der Waals surface area contributed by atoms with E-state index >= 15 is 0 Å². The molecule has 0 heteroatoms. The van der Waals surface area contributed by atoms with E-state index in [1.807, 2.05) is 0 Å². The summed E-state index contributed by atoms with van der Waals surface area (Å²) in [6.07, 6.45) is 5.49. The SMILES string of the molecule is CC(C)C[C@@H](C)C(C)C.CC(C)C[C@@H](C)C(C)C.CC(C)C[C@H](C)C(C)C.CC(C)C[C@H](C)C(C)C. The molecule has 0 unspecified atom stereocenters. The average Bonchev–Trinajstić information content (AvgIpc) is 2.67. The average molecular weight is 513 g/mol. The second-order valence-corrected chi connectivity index (χ2v) is 15.4. The third-order valence-electron chi connectivity index (χ3n) is 7.93. The molecule has 0 rings (SSSR count). The molecule has 0 aliphatic carbocycles. The van der Waals surface area contributed by atoms with Crippen molar-refractivity contribution in [1.29, 1.82) is 0 Å². The molecule has 0 aromatic carbocycles. The fourth-order valence-corrected chi connectivity index (χ4v) is 4.06. The van der Waals surface area contributed by atoms with Crippen molar-refractivity contribution in [2.75, 3.05) is 0 Å². The van der Waals surface area contributed by atoms with Crippen molar-refractivity contribution < 1.29 is 0 Å². The highest BCUT2D eigenvalue weighted by atomic mass is 14.2. The summed E-state index contributed by atoms with van der Waals surface area (Å²) in [5.74, 6) is 10.4. The first-order valence-corrected chi connectivity index (χ1v) is 16.1. The van der Waals surface area contributed by atoms with E-state index in [1.54, 1.807) is 0 Å². The minimum Gasteiger partial charge on any atom is -0.0628 e. The Morgan fingerprint density at radius 3 is 0.361 bits per heavy atom. The van der Waals surface area contributed by atoms with Gasteiger partial charge in [-0.05, 0) is 96.7 Å². The lowest BCUT2D eigenvalue weighted by Gasteiger charge is -2.16. The van der Waals surface area contributed by atoms with Crippen LogP contribution in [0.4, 0.5) is 0 Å². The topological polar surface area (TPSA) is 0 Å². The lowest BCUT2D eigenvalue weighted by atomic mass is 9.90. The van der Waals surface area contributed by atoms with Gasteiger partial charge in [0.15, 0.2) is 0 Å². The second-order valence-electron chi connectivity index (χ2n) is 15.4. The van der Waals surface area contributed by atoms with E-state index in [0.29, 0.717) is 0 Å². The van der Waals surface area contributed by atoms with Crippen molar-refractivity contribution in [1.82, 2.24) is 0 Å². The number of hydrogen-bond donors (Lipinski definition) is 0. The van der Waals surface area contributed by atoms with Gasteiger partial charge in [-0.1, -0.05) is 138 Å². The Labute approximate surface area is 235 Å². The summed E-state index contributed by atoms with van der Waals surface area (Å²) >= 11 is 0. The molecule has 0 aromatic heterocycles. The van der Waals surface area contributed by atoms with Crippen LogP contribution in [0.15, 0.2) is 0 Å². The Balaban J connectivity index is -0.000000190. The Morgan fingerprint density at radius 2 is 0.333 bits per heavy atom. The predicted octanol–water partition coefficient (Wildman–Crippen LogP) is 13.3. The molecule has 0 heterocycles. The van der Waals surface area contributed by atoms with E-state index in [2.05, 4.69) is 138 Å². The molecule has 0 N–H and O–H groups in total. The molecule has 0 fully saturated rings. The monoisotopic (exact) mass is 513 g/mol. The molecule has 0 nitrogen and oxygen atoms in total. The maximum atomic E-state index is 2.34. The predicted molar refractivity (Wildman–Crippen MR) is 174 cm³/mol. The maximum absolute atomic E-state index is 2.34. The van der Waals surface area contributed by atoms with Gasteiger partial charge in [0, 0.05) is 0 Å². The zero-order valence-corrected chi connectivity index (χ0v) is 29.8. The van der Waals surface area contributed by atoms with Crippen LogP contribution in [0.3, 0.4) is 0 Å². The molecular weight excluding hydrogens is 432 g/mol. The van der Waals surface area contributed by atoms with E-state index in [0.717, 1.165) is 71.0 Å². The second kappa shape index (κ2) is 25.3. The number of hydrogen-bond acceptors (Lipinski definition) is 0. The van der Waals surface area contributed by atoms with Crippen molar-refractivity contribution in [3.8, 4) is 0 Å². The third kappa shape index (κ3) is 36.2. The summed E-state index contributed by atoms with van der Waals surface area (Å²) in [6.45, 7) is 46.1. The van der Waals surface area contributed by atoms with Gasteiger partial charge in [-0.3, -0.25) is 0 Å². The van der Waals surface area contributed by atoms with Crippen molar-refractivity contribution in [3.05, 3.63) is 0 Å². The van der Waals surface area contributed by atoms with E-state index < -0.39 is 0 Å². The van der Waals surface area contributed by atoms with Gasteiger partial charge in [0.1, 0.15) is 0 Å². The first kappa shape index (κ1) is 43.1. The fourth-order valence-electron chi connectivity index (χ4n) is 4.06. The Kier molecular flexibility index (Phi) is 30.3. The van der Waals surface area contributed by atoms with Gasteiger partial charge >= 0.3 is 0 Å². The standard InChI is InChI=1S/4C9H20/c4*1-7(2)6-9(5)8(3)4/h4*7-9H,6H2,1-5H3/t4*9-/m1100/s1. The molecule has 0 saturated carbocycles. The molecule has 224 valence electrons. The highest BCUT2D eigenvalue weighted by Gasteiger charge is 2.10. The molecule has 0 radical (unpaired) electrons. The molecule has 0 aliphatic heterocycles. The van der Waals surface area contributed by atoms with Gasteiger partial charge in [-0.2, -0.15) is 0 Å². The van der Waals surface area contributed by atoms with Crippen LogP contribution in [0.1, 0.15) is 164 Å². The molecule has 0 saturated heterocycles. The summed E-state index contributed by atoms with van der Waals surface area (Å²) in [7, 11) is 0. The van der Waals surface area contributed by atoms with Crippen molar-refractivity contribution in [2.24, 2.45) is 71.0 Å². The van der Waals surface area contributed by atoms with Crippen molar-refractivity contribution in [3.63, 3.8) is 0 Å². The smallest absolute Gasteiger partial charge is 0.0417 e. The minimum absolute atomic E-state index is 0.854. The summed E-state index contributed by atoms with van der Waals surface area (Å²) < 4.78 is 0. The zero-order valence-electron chi connectivity index (χ0n) is 29.8. The summed E-state index contributed by atoms with van der Waals surface area (Å²) in [5, 5.41) is 0. The van der Waals surface area contributed by atoms with Crippen LogP contribution in [0.5, 0.6) is 0 Å². The van der Waals surface area contributed by atoms with Gasteiger partial charge < -0.3 is 0 Å². The van der Waals surface area contributed by atoms with E-state index in [4.69, 9.17) is 0 Å². The molecule has 0 aromatic rings. The van der Waals surface area contributed by atoms with Gasteiger partial charge in [-0.25, -0.2) is 0 Å². The maximum Gasteiger partial charge on any atom is -0.0417 e. The van der Waals surface area contributed by atoms with E-state index in [9.17, 15) is 0 Å². The summed E-state index contributed by atoms with van der Waals surface area (Å²) in [6, 6.07) is 0. The van der Waals surface area contributed by atoms with Crippen LogP contribution in [-0.4, -0.2) is 0 Å². The molecule has 0 aliphatic rings. The Bertz CT molecular complexity index is 330. The third-order valence-corrected chi connectivity index (χ3v) is 7.93. The molecule has 0 bridgehead atoms. The zero-order chi connectivity index (χ0) is 29.8. The summed E-state index contributed by atoms with van der Waals surface area (Å²) in [5.41, 5.74) is 0. The lowest BCUT2D eigenvalue weighted by Crippen LogP contribution is -2.06. The normalized spacial score (nSPS) is 15.0. The van der Waals surface area contributed by atoms with Gasteiger partial charge in [0.2, 0.25) is 0 Å². The number of rotatable bonds is 12. The lowest BCUT2D eigenvalue weighted by molar-refractivity contribution is 0.344.